The summed E-state index contributed by atoms with van der Waals surface area (Å²) < 4.78 is 29.7. The zero-order chi connectivity index (χ0) is 15.1. The Bertz CT molecular complexity index is 530. The standard InChI is InChI=1S/C16H19F2NOS/c1-12(9-13-5-3-2-4-6-13)19-10-14-7-8-15(20-14)11-21-16(17)18/h2-8,12,16,19H,9-11H2,1H3. The van der Waals surface area contributed by atoms with Gasteiger partial charge in [0.1, 0.15) is 11.5 Å². The van der Waals surface area contributed by atoms with E-state index in [0.29, 0.717) is 30.1 Å². The van der Waals surface area contributed by atoms with E-state index in [4.69, 9.17) is 4.42 Å². The first-order valence-corrected chi connectivity index (χ1v) is 7.93. The monoisotopic (exact) mass is 311 g/mol. The number of hydrogen-bond donors (Lipinski definition) is 1. The first-order valence-electron chi connectivity index (χ1n) is 6.88. The Balaban J connectivity index is 1.75. The maximum Gasteiger partial charge on any atom is 0.284 e. The Kier molecular flexibility index (Phi) is 6.26. The molecule has 0 bridgehead atoms. The quantitative estimate of drug-likeness (QED) is 0.779. The van der Waals surface area contributed by atoms with Gasteiger partial charge in [-0.25, -0.2) is 0 Å². The number of furan rings is 1. The number of nitrogens with one attached hydrogen (secondary N) is 1. The molecular weight excluding hydrogens is 292 g/mol. The lowest BCUT2D eigenvalue weighted by Crippen LogP contribution is -2.27. The Morgan fingerprint density at radius 2 is 1.81 bits per heavy atom. The van der Waals surface area contributed by atoms with E-state index < -0.39 is 5.76 Å². The van der Waals surface area contributed by atoms with Crippen molar-refractivity contribution < 1.29 is 13.2 Å². The molecule has 2 aromatic rings. The Morgan fingerprint density at radius 1 is 1.10 bits per heavy atom. The molecule has 0 fully saturated rings. The van der Waals surface area contributed by atoms with E-state index in [1.807, 2.05) is 24.3 Å². The summed E-state index contributed by atoms with van der Waals surface area (Å²) >= 11 is 0.576. The molecule has 1 aromatic heterocycles. The third kappa shape index (κ3) is 5.89. The summed E-state index contributed by atoms with van der Waals surface area (Å²) in [7, 11) is 0. The zero-order valence-corrected chi connectivity index (χ0v) is 12.7. The first kappa shape index (κ1) is 16.0. The number of benzene rings is 1. The van der Waals surface area contributed by atoms with Crippen molar-refractivity contribution >= 4 is 11.8 Å². The highest BCUT2D eigenvalue weighted by atomic mass is 32.2. The van der Waals surface area contributed by atoms with Crippen molar-refractivity contribution in [3.8, 4) is 0 Å². The van der Waals surface area contributed by atoms with Crippen LogP contribution in [0.2, 0.25) is 0 Å². The van der Waals surface area contributed by atoms with Crippen LogP contribution >= 0.6 is 11.8 Å². The summed E-state index contributed by atoms with van der Waals surface area (Å²) in [5, 5.41) is 3.38. The molecule has 0 aliphatic rings. The average molecular weight is 311 g/mol. The summed E-state index contributed by atoms with van der Waals surface area (Å²) in [6.45, 7) is 2.72. The lowest BCUT2D eigenvalue weighted by Gasteiger charge is -2.12. The van der Waals surface area contributed by atoms with Gasteiger partial charge in [0, 0.05) is 6.04 Å². The lowest BCUT2D eigenvalue weighted by atomic mass is 10.1. The molecule has 2 rings (SSSR count). The van der Waals surface area contributed by atoms with E-state index >= 15 is 0 Å². The third-order valence-electron chi connectivity index (χ3n) is 3.08. The molecule has 0 amide bonds. The molecule has 2 nitrogen and oxygen atoms in total. The molecular formula is C16H19F2NOS. The van der Waals surface area contributed by atoms with Gasteiger partial charge in [-0.1, -0.05) is 42.1 Å². The summed E-state index contributed by atoms with van der Waals surface area (Å²) in [5.41, 5.74) is 1.28. The topological polar surface area (TPSA) is 25.2 Å². The molecule has 1 heterocycles. The highest BCUT2D eigenvalue weighted by molar-refractivity contribution is 7.98. The fourth-order valence-electron chi connectivity index (χ4n) is 2.05. The van der Waals surface area contributed by atoms with E-state index in [1.165, 1.54) is 5.56 Å². The molecule has 0 aliphatic carbocycles. The van der Waals surface area contributed by atoms with Crippen LogP contribution in [0, 0.1) is 0 Å². The number of thioether (sulfide) groups is 1. The molecule has 1 N–H and O–H groups in total. The van der Waals surface area contributed by atoms with E-state index in [-0.39, 0.29) is 5.75 Å². The van der Waals surface area contributed by atoms with Crippen LogP contribution in [0.4, 0.5) is 8.78 Å². The smallest absolute Gasteiger partial charge is 0.284 e. The highest BCUT2D eigenvalue weighted by Gasteiger charge is 2.08. The molecule has 21 heavy (non-hydrogen) atoms. The van der Waals surface area contributed by atoms with Gasteiger partial charge < -0.3 is 9.73 Å². The molecule has 5 heteroatoms. The summed E-state index contributed by atoms with van der Waals surface area (Å²) in [5.74, 6) is -0.785. The molecule has 0 saturated heterocycles. The summed E-state index contributed by atoms with van der Waals surface area (Å²) in [6.07, 6.45) is 0.940. The molecule has 0 spiro atoms. The highest BCUT2D eigenvalue weighted by Crippen LogP contribution is 2.21. The molecule has 0 aliphatic heterocycles. The number of alkyl halides is 2. The van der Waals surface area contributed by atoms with E-state index in [0.717, 1.165) is 12.2 Å². The van der Waals surface area contributed by atoms with E-state index in [2.05, 4.69) is 24.4 Å². The molecule has 1 aromatic carbocycles. The van der Waals surface area contributed by atoms with E-state index in [1.54, 1.807) is 6.07 Å². The van der Waals surface area contributed by atoms with Crippen LogP contribution in [-0.4, -0.2) is 11.8 Å². The Labute approximate surface area is 127 Å². The summed E-state index contributed by atoms with van der Waals surface area (Å²) in [4.78, 5) is 0. The first-order chi connectivity index (χ1) is 10.1. The fraction of sp³-hybridized carbons (Fsp3) is 0.375. The van der Waals surface area contributed by atoms with Gasteiger partial charge in [-0.3, -0.25) is 0 Å². The average Bonchev–Trinajstić information content (AvgIpc) is 2.92. The Morgan fingerprint density at radius 3 is 2.52 bits per heavy atom. The summed E-state index contributed by atoms with van der Waals surface area (Å²) in [6, 6.07) is 14.2. The molecule has 1 atom stereocenters. The van der Waals surface area contributed by atoms with Gasteiger partial charge in [0.05, 0.1) is 12.3 Å². The predicted molar refractivity (Wildman–Crippen MR) is 82.5 cm³/mol. The maximum atomic E-state index is 12.1. The van der Waals surface area contributed by atoms with Crippen molar-refractivity contribution in [1.29, 1.82) is 0 Å². The minimum Gasteiger partial charge on any atom is -0.464 e. The second-order valence-electron chi connectivity index (χ2n) is 4.91. The van der Waals surface area contributed by atoms with Gasteiger partial charge in [-0.05, 0) is 31.0 Å². The van der Waals surface area contributed by atoms with Crippen molar-refractivity contribution in [3.63, 3.8) is 0 Å². The molecule has 114 valence electrons. The van der Waals surface area contributed by atoms with Crippen LogP contribution in [0.1, 0.15) is 24.0 Å². The molecule has 0 saturated carbocycles. The van der Waals surface area contributed by atoms with Gasteiger partial charge in [0.2, 0.25) is 0 Å². The van der Waals surface area contributed by atoms with Crippen molar-refractivity contribution in [3.05, 3.63) is 59.5 Å². The van der Waals surface area contributed by atoms with Crippen LogP contribution in [0.15, 0.2) is 46.9 Å². The maximum absolute atomic E-state index is 12.1. The van der Waals surface area contributed by atoms with Crippen LogP contribution in [-0.2, 0) is 18.7 Å². The van der Waals surface area contributed by atoms with Gasteiger partial charge >= 0.3 is 0 Å². The second-order valence-corrected chi connectivity index (χ2v) is 5.89. The molecule has 1 unspecified atom stereocenters. The van der Waals surface area contributed by atoms with Crippen molar-refractivity contribution in [1.82, 2.24) is 5.32 Å². The number of halogens is 2. The van der Waals surface area contributed by atoms with Crippen LogP contribution in [0.5, 0.6) is 0 Å². The van der Waals surface area contributed by atoms with Crippen molar-refractivity contribution in [2.24, 2.45) is 0 Å². The third-order valence-corrected chi connectivity index (χ3v) is 3.78. The number of hydrogen-bond acceptors (Lipinski definition) is 3. The second kappa shape index (κ2) is 8.20. The fourth-order valence-corrected chi connectivity index (χ4v) is 2.50. The van der Waals surface area contributed by atoms with Gasteiger partial charge in [-0.2, -0.15) is 8.78 Å². The van der Waals surface area contributed by atoms with Gasteiger partial charge in [0.15, 0.2) is 0 Å². The SMILES string of the molecule is CC(Cc1ccccc1)NCc1ccc(CSC(F)F)o1. The van der Waals surface area contributed by atoms with E-state index in [9.17, 15) is 8.78 Å². The van der Waals surface area contributed by atoms with Crippen molar-refractivity contribution in [2.75, 3.05) is 0 Å². The lowest BCUT2D eigenvalue weighted by molar-refractivity contribution is 0.251. The van der Waals surface area contributed by atoms with Gasteiger partial charge in [-0.15, -0.1) is 0 Å². The largest absolute Gasteiger partial charge is 0.464 e. The van der Waals surface area contributed by atoms with Crippen LogP contribution in [0.3, 0.4) is 0 Å². The minimum absolute atomic E-state index is 0.206. The van der Waals surface area contributed by atoms with Gasteiger partial charge in [0.25, 0.3) is 5.76 Å². The minimum atomic E-state index is -2.36. The Hall–Kier alpha value is -1.33. The zero-order valence-electron chi connectivity index (χ0n) is 11.9. The normalized spacial score (nSPS) is 12.8. The van der Waals surface area contributed by atoms with Crippen molar-refractivity contribution in [2.45, 2.75) is 37.4 Å². The van der Waals surface area contributed by atoms with Crippen LogP contribution in [0.25, 0.3) is 0 Å². The molecule has 0 radical (unpaired) electrons. The van der Waals surface area contributed by atoms with Crippen LogP contribution < -0.4 is 5.32 Å². The number of rotatable bonds is 8. The predicted octanol–water partition coefficient (Wildman–Crippen LogP) is 4.46.